The van der Waals surface area contributed by atoms with Gasteiger partial charge in [0.15, 0.2) is 0 Å². The van der Waals surface area contributed by atoms with Gasteiger partial charge in [0.25, 0.3) is 9.84 Å². The van der Waals surface area contributed by atoms with Crippen LogP contribution in [0.25, 0.3) is 0 Å². The molecule has 1 atom stereocenters. The lowest BCUT2D eigenvalue weighted by atomic mass is 10.1. The van der Waals surface area contributed by atoms with Crippen LogP contribution in [0.1, 0.15) is 58.3 Å². The highest BCUT2D eigenvalue weighted by Gasteiger charge is 2.49. The molecule has 0 heterocycles. The fourth-order valence-corrected chi connectivity index (χ4v) is 2.45. The van der Waals surface area contributed by atoms with E-state index in [2.05, 4.69) is 6.92 Å². The van der Waals surface area contributed by atoms with E-state index in [0.29, 0.717) is 6.42 Å². The molecule has 0 aromatic rings. The minimum absolute atomic E-state index is 0.129. The van der Waals surface area contributed by atoms with Gasteiger partial charge in [-0.05, 0) is 6.42 Å². The Bertz CT molecular complexity index is 315. The molecule has 1 unspecified atom stereocenters. The molecule has 0 fully saturated rings. The second kappa shape index (κ2) is 7.99. The fourth-order valence-electron chi connectivity index (χ4n) is 1.63. The molecule has 110 valence electrons. The van der Waals surface area contributed by atoms with Crippen LogP contribution in [0.15, 0.2) is 0 Å². The lowest BCUT2D eigenvalue weighted by Gasteiger charge is -2.14. The van der Waals surface area contributed by atoms with E-state index in [0.717, 1.165) is 38.5 Å². The molecule has 0 saturated carbocycles. The number of rotatable bonds is 9. The Kier molecular flexibility index (Phi) is 7.86. The molecule has 0 saturated heterocycles. The smallest absolute Gasteiger partial charge is 0.315 e. The van der Waals surface area contributed by atoms with Crippen molar-refractivity contribution in [2.45, 2.75) is 69.2 Å². The summed E-state index contributed by atoms with van der Waals surface area (Å²) in [5.41, 5.74) is -0.150. The summed E-state index contributed by atoms with van der Waals surface area (Å²) < 4.78 is 58.2. The number of hydrogen-bond donors (Lipinski definition) is 1. The van der Waals surface area contributed by atoms with E-state index >= 15 is 0 Å². The van der Waals surface area contributed by atoms with E-state index in [1.54, 1.807) is 0 Å². The van der Waals surface area contributed by atoms with E-state index < -0.39 is 20.7 Å². The molecule has 0 bridgehead atoms. The van der Waals surface area contributed by atoms with Crippen LogP contribution >= 0.6 is 0 Å². The lowest BCUT2D eigenvalue weighted by molar-refractivity contribution is -0.0445. The molecule has 0 aliphatic heterocycles. The number of halogens is 3. The van der Waals surface area contributed by atoms with Crippen LogP contribution < -0.4 is 5.73 Å². The minimum atomic E-state index is -5.24. The number of unbranched alkanes of at least 4 members (excludes halogenated alkanes) is 6. The Morgan fingerprint density at radius 2 is 1.44 bits per heavy atom. The maximum absolute atomic E-state index is 12.1. The van der Waals surface area contributed by atoms with Gasteiger partial charge in [0.2, 0.25) is 0 Å². The summed E-state index contributed by atoms with van der Waals surface area (Å²) in [5.74, 6) is 0. The van der Waals surface area contributed by atoms with Gasteiger partial charge in [-0.1, -0.05) is 51.9 Å². The average Bonchev–Trinajstić information content (AvgIpc) is 2.26. The molecule has 0 aliphatic carbocycles. The summed E-state index contributed by atoms with van der Waals surface area (Å²) in [6.45, 7) is 2.10. The van der Waals surface area contributed by atoms with Gasteiger partial charge >= 0.3 is 5.51 Å². The zero-order valence-corrected chi connectivity index (χ0v) is 11.5. The van der Waals surface area contributed by atoms with Crippen molar-refractivity contribution in [3.63, 3.8) is 0 Å². The van der Waals surface area contributed by atoms with Gasteiger partial charge < -0.3 is 5.73 Å². The first-order valence-corrected chi connectivity index (χ1v) is 7.84. The predicted molar refractivity (Wildman–Crippen MR) is 65.6 cm³/mol. The number of alkyl halides is 3. The van der Waals surface area contributed by atoms with Gasteiger partial charge in [-0.25, -0.2) is 8.42 Å². The first-order chi connectivity index (χ1) is 8.23. The van der Waals surface area contributed by atoms with Crippen LogP contribution in [0.5, 0.6) is 0 Å². The third-order valence-electron chi connectivity index (χ3n) is 2.81. The number of hydrogen-bond acceptors (Lipinski definition) is 3. The predicted octanol–water partition coefficient (Wildman–Crippen LogP) is 3.35. The van der Waals surface area contributed by atoms with Gasteiger partial charge in [0, 0.05) is 0 Å². The van der Waals surface area contributed by atoms with E-state index in [-0.39, 0.29) is 6.42 Å². The van der Waals surface area contributed by atoms with E-state index in [4.69, 9.17) is 5.73 Å². The quantitative estimate of drug-likeness (QED) is 0.662. The second-order valence-electron chi connectivity index (χ2n) is 4.44. The summed E-state index contributed by atoms with van der Waals surface area (Å²) >= 11 is 0. The van der Waals surface area contributed by atoms with Gasteiger partial charge in [-0.2, -0.15) is 13.2 Å². The Morgan fingerprint density at radius 3 is 1.89 bits per heavy atom. The third kappa shape index (κ3) is 6.04. The van der Waals surface area contributed by atoms with Crippen LogP contribution in [0.2, 0.25) is 0 Å². The molecule has 0 aromatic heterocycles. The molecule has 0 aromatic carbocycles. The van der Waals surface area contributed by atoms with E-state index in [1.807, 2.05) is 0 Å². The highest BCUT2D eigenvalue weighted by atomic mass is 32.2. The average molecular weight is 289 g/mol. The fraction of sp³-hybridized carbons (Fsp3) is 1.00. The Labute approximate surface area is 107 Å². The molecule has 3 nitrogen and oxygen atoms in total. The lowest BCUT2D eigenvalue weighted by Crippen LogP contribution is -2.40. The largest absolute Gasteiger partial charge is 0.498 e. The topological polar surface area (TPSA) is 60.2 Å². The summed E-state index contributed by atoms with van der Waals surface area (Å²) in [7, 11) is -5.20. The summed E-state index contributed by atoms with van der Waals surface area (Å²) in [6.07, 6.45) is 6.37. The van der Waals surface area contributed by atoms with Gasteiger partial charge in [-0.3, -0.25) is 0 Å². The van der Waals surface area contributed by atoms with Gasteiger partial charge in [0.1, 0.15) is 5.37 Å². The maximum Gasteiger partial charge on any atom is 0.498 e. The van der Waals surface area contributed by atoms with Crippen molar-refractivity contribution in [3.8, 4) is 0 Å². The Balaban J connectivity index is 3.82. The highest BCUT2D eigenvalue weighted by Crippen LogP contribution is 2.27. The molecule has 0 spiro atoms. The van der Waals surface area contributed by atoms with Crippen LogP contribution in [0.3, 0.4) is 0 Å². The van der Waals surface area contributed by atoms with Crippen molar-refractivity contribution in [2.75, 3.05) is 0 Å². The molecule has 0 aliphatic rings. The summed E-state index contributed by atoms with van der Waals surface area (Å²) in [5, 5.41) is -1.83. The Morgan fingerprint density at radius 1 is 1.00 bits per heavy atom. The highest BCUT2D eigenvalue weighted by molar-refractivity contribution is 7.92. The van der Waals surface area contributed by atoms with Crippen molar-refractivity contribution in [2.24, 2.45) is 5.73 Å². The second-order valence-corrected chi connectivity index (χ2v) is 6.60. The summed E-state index contributed by atoms with van der Waals surface area (Å²) in [4.78, 5) is 0. The SMILES string of the molecule is CCCCCCCCCC(N)S(=O)(=O)C(F)(F)F. The standard InChI is InChI=1S/C11H22F3NO2S/c1-2-3-4-5-6-7-8-9-10(15)18(16,17)11(12,13)14/h10H,2-9,15H2,1H3. The normalized spacial score (nSPS) is 14.7. The number of nitrogens with two attached hydrogens (primary N) is 1. The monoisotopic (exact) mass is 289 g/mol. The van der Waals surface area contributed by atoms with Crippen molar-refractivity contribution < 1.29 is 21.6 Å². The Hall–Kier alpha value is -0.300. The van der Waals surface area contributed by atoms with Crippen molar-refractivity contribution in [1.29, 1.82) is 0 Å². The molecule has 7 heteroatoms. The molecule has 18 heavy (non-hydrogen) atoms. The van der Waals surface area contributed by atoms with Gasteiger partial charge in [0.05, 0.1) is 0 Å². The zero-order valence-electron chi connectivity index (χ0n) is 10.7. The molecule has 0 amide bonds. The minimum Gasteiger partial charge on any atom is -0.315 e. The van der Waals surface area contributed by atoms with Crippen LogP contribution in [0, 0.1) is 0 Å². The molecule has 2 N–H and O–H groups in total. The van der Waals surface area contributed by atoms with Crippen molar-refractivity contribution >= 4 is 9.84 Å². The molecule has 0 radical (unpaired) electrons. The van der Waals surface area contributed by atoms with Gasteiger partial charge in [-0.15, -0.1) is 0 Å². The molecular formula is C11H22F3NO2S. The van der Waals surface area contributed by atoms with Crippen LogP contribution in [-0.2, 0) is 9.84 Å². The first kappa shape index (κ1) is 17.7. The zero-order chi connectivity index (χ0) is 14.2. The molecular weight excluding hydrogens is 267 g/mol. The van der Waals surface area contributed by atoms with Crippen LogP contribution in [0.4, 0.5) is 13.2 Å². The number of sulfone groups is 1. The maximum atomic E-state index is 12.1. The third-order valence-corrected chi connectivity index (χ3v) is 4.49. The van der Waals surface area contributed by atoms with Crippen LogP contribution in [-0.4, -0.2) is 19.3 Å². The van der Waals surface area contributed by atoms with E-state index in [1.165, 1.54) is 0 Å². The first-order valence-electron chi connectivity index (χ1n) is 6.29. The summed E-state index contributed by atoms with van der Waals surface area (Å²) in [6, 6.07) is 0. The molecule has 0 rings (SSSR count). The van der Waals surface area contributed by atoms with Crippen molar-refractivity contribution in [1.82, 2.24) is 0 Å². The van der Waals surface area contributed by atoms with Crippen molar-refractivity contribution in [3.05, 3.63) is 0 Å². The van der Waals surface area contributed by atoms with E-state index in [9.17, 15) is 21.6 Å².